The molecule has 0 amide bonds. The fraction of sp³-hybridized carbons (Fsp3) is 0.625. The average Bonchev–Trinajstić information content (AvgIpc) is 2.88. The van der Waals surface area contributed by atoms with Crippen molar-refractivity contribution in [3.05, 3.63) is 11.1 Å². The monoisotopic (exact) mass is 370 g/mol. The highest BCUT2D eigenvalue weighted by molar-refractivity contribution is 5.94. The molecule has 0 saturated carbocycles. The lowest BCUT2D eigenvalue weighted by Crippen LogP contribution is -2.39. The van der Waals surface area contributed by atoms with Gasteiger partial charge in [0.25, 0.3) is 0 Å². The highest BCUT2D eigenvalue weighted by Gasteiger charge is 2.34. The molecule has 10 heteroatoms. The van der Waals surface area contributed by atoms with Crippen LogP contribution in [0.25, 0.3) is 0 Å². The minimum atomic E-state index is -2.27. The predicted octanol–water partition coefficient (Wildman–Crippen LogP) is -1.03. The molecule has 2 bridgehead atoms. The summed E-state index contributed by atoms with van der Waals surface area (Å²) in [6.07, 6.45) is -2.28. The van der Waals surface area contributed by atoms with Gasteiger partial charge in [0.2, 0.25) is 0 Å². The summed E-state index contributed by atoms with van der Waals surface area (Å²) in [7, 11) is 0. The lowest BCUT2D eigenvalue weighted by Gasteiger charge is -2.20. The number of carboxylic acid groups (broad SMARTS) is 2. The third-order valence-corrected chi connectivity index (χ3v) is 4.11. The smallest absolute Gasteiger partial charge is 0.348 e. The second kappa shape index (κ2) is 9.86. The molecule has 2 aliphatic rings. The Labute approximate surface area is 149 Å². The minimum Gasteiger partial charge on any atom is -0.479 e. The van der Waals surface area contributed by atoms with Gasteiger partial charge in [0.05, 0.1) is 6.61 Å². The number of aliphatic hydroxyl groups excluding tert-OH is 2. The molecule has 144 valence electrons. The number of esters is 1. The van der Waals surface area contributed by atoms with Crippen LogP contribution >= 0.6 is 0 Å². The van der Waals surface area contributed by atoms with E-state index in [1.807, 2.05) is 6.07 Å². The molecule has 0 radical (unpaired) electrons. The SMILES string of the molecule is CCOC(=O)C(C#N)=C1CN2CCCC1C2.O=C(O)[C@H](O)[C@@H](O)C(=O)O. The van der Waals surface area contributed by atoms with Crippen molar-refractivity contribution in [1.29, 1.82) is 5.26 Å². The van der Waals surface area contributed by atoms with Gasteiger partial charge in [-0.2, -0.15) is 5.26 Å². The molecule has 2 heterocycles. The van der Waals surface area contributed by atoms with E-state index in [1.54, 1.807) is 6.92 Å². The van der Waals surface area contributed by atoms with Crippen molar-refractivity contribution in [3.63, 3.8) is 0 Å². The third kappa shape index (κ3) is 5.52. The summed E-state index contributed by atoms with van der Waals surface area (Å²) in [4.78, 5) is 33.5. The van der Waals surface area contributed by atoms with Crippen LogP contribution in [0.4, 0.5) is 0 Å². The van der Waals surface area contributed by atoms with E-state index >= 15 is 0 Å². The maximum atomic E-state index is 11.6. The van der Waals surface area contributed by atoms with E-state index in [4.69, 9.17) is 30.4 Å². The molecule has 2 unspecified atom stereocenters. The fourth-order valence-electron chi connectivity index (χ4n) is 2.86. The van der Waals surface area contributed by atoms with Crippen molar-refractivity contribution in [2.45, 2.75) is 32.0 Å². The summed E-state index contributed by atoms with van der Waals surface area (Å²) in [5.41, 5.74) is 1.25. The van der Waals surface area contributed by atoms with Crippen molar-refractivity contribution in [2.75, 3.05) is 26.2 Å². The first-order chi connectivity index (χ1) is 12.2. The number of carbonyl (C=O) groups is 3. The molecule has 2 aliphatic heterocycles. The highest BCUT2D eigenvalue weighted by atomic mass is 16.5. The van der Waals surface area contributed by atoms with Gasteiger partial charge >= 0.3 is 17.9 Å². The maximum absolute atomic E-state index is 11.6. The molecule has 26 heavy (non-hydrogen) atoms. The summed E-state index contributed by atoms with van der Waals surface area (Å²) >= 11 is 0. The molecule has 4 N–H and O–H groups in total. The first-order valence-electron chi connectivity index (χ1n) is 8.07. The summed E-state index contributed by atoms with van der Waals surface area (Å²) in [6.45, 7) is 4.94. The number of piperidine rings is 1. The van der Waals surface area contributed by atoms with Crippen molar-refractivity contribution in [3.8, 4) is 6.07 Å². The molecule has 4 atom stereocenters. The molecule has 2 rings (SSSR count). The first-order valence-corrected chi connectivity index (χ1v) is 8.07. The molecular weight excluding hydrogens is 348 g/mol. The Balaban J connectivity index is 0.000000294. The Morgan fingerprint density at radius 1 is 1.27 bits per heavy atom. The largest absolute Gasteiger partial charge is 0.479 e. The van der Waals surface area contributed by atoms with Gasteiger partial charge in [0.1, 0.15) is 11.6 Å². The number of carbonyl (C=O) groups excluding carboxylic acids is 1. The number of nitriles is 1. The van der Waals surface area contributed by atoms with Gasteiger partial charge in [-0.05, 0) is 37.8 Å². The van der Waals surface area contributed by atoms with Crippen LogP contribution in [0.5, 0.6) is 0 Å². The molecule has 0 aromatic heterocycles. The lowest BCUT2D eigenvalue weighted by atomic mass is 9.93. The number of aliphatic hydroxyl groups is 2. The summed E-state index contributed by atoms with van der Waals surface area (Å²) in [5.74, 6) is -3.59. The molecule has 0 spiro atoms. The number of hydrogen-bond donors (Lipinski definition) is 4. The van der Waals surface area contributed by atoms with E-state index < -0.39 is 30.1 Å². The van der Waals surface area contributed by atoms with Crippen LogP contribution in [0, 0.1) is 17.2 Å². The van der Waals surface area contributed by atoms with Gasteiger partial charge in [-0.1, -0.05) is 0 Å². The zero-order chi connectivity index (χ0) is 19.9. The zero-order valence-corrected chi connectivity index (χ0v) is 14.3. The van der Waals surface area contributed by atoms with Crippen LogP contribution in [0.1, 0.15) is 19.8 Å². The van der Waals surface area contributed by atoms with Gasteiger partial charge in [0.15, 0.2) is 12.2 Å². The molecule has 0 aliphatic carbocycles. The van der Waals surface area contributed by atoms with Crippen molar-refractivity contribution < 1.29 is 39.5 Å². The van der Waals surface area contributed by atoms with Crippen molar-refractivity contribution >= 4 is 17.9 Å². The van der Waals surface area contributed by atoms with E-state index in [0.29, 0.717) is 12.5 Å². The highest BCUT2D eigenvalue weighted by Crippen LogP contribution is 2.33. The van der Waals surface area contributed by atoms with Gasteiger partial charge < -0.3 is 25.2 Å². The Bertz CT molecular complexity index is 606. The van der Waals surface area contributed by atoms with Crippen LogP contribution < -0.4 is 0 Å². The fourth-order valence-corrected chi connectivity index (χ4v) is 2.86. The number of ether oxygens (including phenoxy) is 1. The van der Waals surface area contributed by atoms with Crippen molar-refractivity contribution in [2.24, 2.45) is 5.92 Å². The molecule has 0 aromatic carbocycles. The molecule has 2 fully saturated rings. The van der Waals surface area contributed by atoms with E-state index in [9.17, 15) is 14.4 Å². The van der Waals surface area contributed by atoms with Gasteiger partial charge in [-0.25, -0.2) is 14.4 Å². The lowest BCUT2D eigenvalue weighted by molar-refractivity contribution is -0.165. The number of rotatable bonds is 5. The topological polar surface area (TPSA) is 168 Å². The normalized spacial score (nSPS) is 25.0. The Morgan fingerprint density at radius 2 is 1.85 bits per heavy atom. The standard InChI is InChI=1S/C12H16N2O2.C4H6O6/c1-2-16-12(15)10(6-13)11-8-14-5-3-4-9(11)7-14;5-1(3(7)8)2(6)4(9)10/h9H,2-5,7-8H2,1H3;1-2,5-6H,(H,7,8)(H,9,10)/t;1-,2-/m.1/s1. The summed E-state index contributed by atoms with van der Waals surface area (Å²) in [5, 5.41) is 41.6. The number of hydrogen-bond acceptors (Lipinski definition) is 8. The molecule has 0 aromatic rings. The first kappa shape index (κ1) is 21.6. The Hall–Kier alpha value is -2.48. The second-order valence-corrected chi connectivity index (χ2v) is 5.87. The van der Waals surface area contributed by atoms with Crippen molar-refractivity contribution in [1.82, 2.24) is 4.90 Å². The maximum Gasteiger partial charge on any atom is 0.348 e. The number of fused-ring (bicyclic) bond motifs is 2. The molecule has 10 nitrogen and oxygen atoms in total. The Kier molecular flexibility index (Phi) is 8.18. The second-order valence-electron chi connectivity index (χ2n) is 5.87. The van der Waals surface area contributed by atoms with Crippen LogP contribution in [0.3, 0.4) is 0 Å². The van der Waals surface area contributed by atoms with E-state index in [-0.39, 0.29) is 5.57 Å². The zero-order valence-electron chi connectivity index (χ0n) is 14.3. The van der Waals surface area contributed by atoms with Crippen LogP contribution in [-0.2, 0) is 19.1 Å². The van der Waals surface area contributed by atoms with E-state index in [1.165, 1.54) is 0 Å². The minimum absolute atomic E-state index is 0.247. The molecular formula is C16H22N2O8. The number of carboxylic acids is 2. The van der Waals surface area contributed by atoms with Gasteiger partial charge in [0, 0.05) is 13.1 Å². The third-order valence-electron chi connectivity index (χ3n) is 4.11. The van der Waals surface area contributed by atoms with Crippen LogP contribution in [0.15, 0.2) is 11.1 Å². The molecule has 2 saturated heterocycles. The van der Waals surface area contributed by atoms with E-state index in [2.05, 4.69) is 4.90 Å². The van der Waals surface area contributed by atoms with Gasteiger partial charge in [-0.3, -0.25) is 4.90 Å². The number of nitrogens with zero attached hydrogens (tertiary/aromatic N) is 2. The van der Waals surface area contributed by atoms with Gasteiger partial charge in [-0.15, -0.1) is 0 Å². The predicted molar refractivity (Wildman–Crippen MR) is 85.7 cm³/mol. The number of aliphatic carboxylic acids is 2. The van der Waals surface area contributed by atoms with E-state index in [0.717, 1.165) is 38.0 Å². The quantitative estimate of drug-likeness (QED) is 0.267. The van der Waals surface area contributed by atoms with Crippen LogP contribution in [-0.4, -0.2) is 81.7 Å². The summed E-state index contributed by atoms with van der Waals surface area (Å²) in [6, 6.07) is 2.02. The Morgan fingerprint density at radius 3 is 2.27 bits per heavy atom. The summed E-state index contributed by atoms with van der Waals surface area (Å²) < 4.78 is 4.92. The average molecular weight is 370 g/mol. The van der Waals surface area contributed by atoms with Crippen LogP contribution in [0.2, 0.25) is 0 Å².